The number of nitrogens with zero attached hydrogens (tertiary/aromatic N) is 2. The molecule has 0 bridgehead atoms. The molecule has 140 valence electrons. The number of hydrogen-bond acceptors (Lipinski definition) is 4. The maximum absolute atomic E-state index is 13.0. The zero-order valence-corrected chi connectivity index (χ0v) is 14.9. The molecule has 2 N–H and O–H groups in total. The summed E-state index contributed by atoms with van der Waals surface area (Å²) < 4.78 is 44.3. The van der Waals surface area contributed by atoms with Crippen molar-refractivity contribution in [2.75, 3.05) is 30.3 Å². The van der Waals surface area contributed by atoms with Gasteiger partial charge in [0, 0.05) is 37.1 Å². The largest absolute Gasteiger partial charge is 0.444 e. The van der Waals surface area contributed by atoms with Crippen molar-refractivity contribution < 1.29 is 22.7 Å². The van der Waals surface area contributed by atoms with E-state index in [2.05, 4.69) is 0 Å². The summed E-state index contributed by atoms with van der Waals surface area (Å²) in [5.74, 6) is 0. The molecule has 0 spiro atoms. The number of hydrogen-bond donors (Lipinski definition) is 1. The Hall–Kier alpha value is -2.12. The Labute approximate surface area is 145 Å². The number of carbonyl (C=O) groups excluding carboxylic acids is 1. The molecule has 0 unspecified atom stereocenters. The lowest BCUT2D eigenvalue weighted by atomic mass is 10.1. The number of anilines is 2. The van der Waals surface area contributed by atoms with E-state index in [0.717, 1.165) is 12.1 Å². The van der Waals surface area contributed by atoms with Crippen LogP contribution in [0.4, 0.5) is 29.3 Å². The molecule has 0 aromatic heterocycles. The first-order valence-electron chi connectivity index (χ1n) is 8.09. The molecule has 8 heteroatoms. The molecular weight excluding hydrogens is 335 g/mol. The predicted octanol–water partition coefficient (Wildman–Crippen LogP) is 3.73. The molecule has 1 aromatic carbocycles. The second kappa shape index (κ2) is 6.65. The van der Waals surface area contributed by atoms with E-state index in [1.165, 1.54) is 6.07 Å². The Kier molecular flexibility index (Phi) is 5.11. The van der Waals surface area contributed by atoms with Gasteiger partial charge in [-0.3, -0.25) is 0 Å². The lowest BCUT2D eigenvalue weighted by Gasteiger charge is -2.41. The zero-order valence-electron chi connectivity index (χ0n) is 14.9. The summed E-state index contributed by atoms with van der Waals surface area (Å²) in [5, 5.41) is 0. The minimum atomic E-state index is -4.45. The second-order valence-electron chi connectivity index (χ2n) is 7.28. The highest BCUT2D eigenvalue weighted by Crippen LogP contribution is 2.34. The molecule has 1 heterocycles. The Balaban J connectivity index is 2.14. The highest BCUT2D eigenvalue weighted by molar-refractivity contribution is 5.69. The number of alkyl halides is 3. The molecule has 25 heavy (non-hydrogen) atoms. The standard InChI is InChI=1S/C17H24F3N3O2/c1-11-10-22(15(24)25-16(2,3)4)5-6-23(11)14-8-12(17(18,19)20)7-13(21)9-14/h7-9,11H,5-6,10,21H2,1-4H3/t11-/m0/s1. The lowest BCUT2D eigenvalue weighted by Crippen LogP contribution is -2.54. The lowest BCUT2D eigenvalue weighted by molar-refractivity contribution is -0.137. The van der Waals surface area contributed by atoms with E-state index in [1.54, 1.807) is 25.7 Å². The number of carbonyl (C=O) groups is 1. The van der Waals surface area contributed by atoms with Crippen LogP contribution in [0.2, 0.25) is 0 Å². The molecule has 0 aliphatic carbocycles. The number of rotatable bonds is 1. The quantitative estimate of drug-likeness (QED) is 0.776. The van der Waals surface area contributed by atoms with Crippen molar-refractivity contribution >= 4 is 17.5 Å². The van der Waals surface area contributed by atoms with Gasteiger partial charge in [0.05, 0.1) is 5.56 Å². The van der Waals surface area contributed by atoms with Crippen LogP contribution >= 0.6 is 0 Å². The van der Waals surface area contributed by atoms with Gasteiger partial charge in [0.25, 0.3) is 0 Å². The van der Waals surface area contributed by atoms with Crippen LogP contribution in [0.1, 0.15) is 33.3 Å². The molecule has 1 amide bonds. The summed E-state index contributed by atoms with van der Waals surface area (Å²) in [6, 6.07) is 3.37. The van der Waals surface area contributed by atoms with Crippen molar-refractivity contribution in [1.82, 2.24) is 4.90 Å². The molecule has 1 aromatic rings. The summed E-state index contributed by atoms with van der Waals surface area (Å²) in [6.45, 7) is 8.36. The molecule has 1 fully saturated rings. The third-order valence-electron chi connectivity index (χ3n) is 3.88. The van der Waals surface area contributed by atoms with Crippen molar-refractivity contribution in [2.24, 2.45) is 0 Å². The third kappa shape index (κ3) is 4.93. The van der Waals surface area contributed by atoms with E-state index in [4.69, 9.17) is 10.5 Å². The monoisotopic (exact) mass is 359 g/mol. The molecule has 0 saturated carbocycles. The first-order chi connectivity index (χ1) is 11.4. The average Bonchev–Trinajstić information content (AvgIpc) is 2.43. The second-order valence-corrected chi connectivity index (χ2v) is 7.28. The van der Waals surface area contributed by atoms with Gasteiger partial charge in [-0.25, -0.2) is 4.79 Å². The SMILES string of the molecule is C[C@H]1CN(C(=O)OC(C)(C)C)CCN1c1cc(N)cc(C(F)(F)F)c1. The fraction of sp³-hybridized carbons (Fsp3) is 0.588. The number of benzene rings is 1. The van der Waals surface area contributed by atoms with Crippen molar-refractivity contribution in [3.63, 3.8) is 0 Å². The summed E-state index contributed by atoms with van der Waals surface area (Å²) in [5.41, 5.74) is 4.75. The molecule has 2 rings (SSSR count). The molecule has 1 aliphatic heterocycles. The van der Waals surface area contributed by atoms with E-state index < -0.39 is 23.4 Å². The minimum Gasteiger partial charge on any atom is -0.444 e. The number of amides is 1. The number of ether oxygens (including phenoxy) is 1. The van der Waals surface area contributed by atoms with Crippen LogP contribution in [0.5, 0.6) is 0 Å². The number of piperazine rings is 1. The van der Waals surface area contributed by atoms with Crippen molar-refractivity contribution in [1.29, 1.82) is 0 Å². The van der Waals surface area contributed by atoms with Crippen LogP contribution in [-0.4, -0.2) is 42.3 Å². The minimum absolute atomic E-state index is 0.0617. The summed E-state index contributed by atoms with van der Waals surface area (Å²) in [7, 11) is 0. The highest BCUT2D eigenvalue weighted by atomic mass is 19.4. The molecule has 1 saturated heterocycles. The summed E-state index contributed by atoms with van der Waals surface area (Å²) in [4.78, 5) is 15.6. The van der Waals surface area contributed by atoms with Gasteiger partial charge < -0.3 is 20.3 Å². The van der Waals surface area contributed by atoms with Gasteiger partial charge in [-0.05, 0) is 45.9 Å². The van der Waals surface area contributed by atoms with E-state index in [1.807, 2.05) is 11.8 Å². The average molecular weight is 359 g/mol. The molecular formula is C17H24F3N3O2. The zero-order chi connectivity index (χ0) is 19.0. The highest BCUT2D eigenvalue weighted by Gasteiger charge is 2.34. The predicted molar refractivity (Wildman–Crippen MR) is 90.5 cm³/mol. The first-order valence-corrected chi connectivity index (χ1v) is 8.09. The van der Waals surface area contributed by atoms with Gasteiger partial charge >= 0.3 is 12.3 Å². The Morgan fingerprint density at radius 1 is 1.20 bits per heavy atom. The van der Waals surface area contributed by atoms with E-state index >= 15 is 0 Å². The first kappa shape index (κ1) is 19.2. The maximum atomic E-state index is 13.0. The van der Waals surface area contributed by atoms with Gasteiger partial charge in [-0.15, -0.1) is 0 Å². The van der Waals surface area contributed by atoms with Crippen molar-refractivity contribution in [3.05, 3.63) is 23.8 Å². The fourth-order valence-corrected chi connectivity index (χ4v) is 2.80. The third-order valence-corrected chi connectivity index (χ3v) is 3.88. The van der Waals surface area contributed by atoms with Crippen LogP contribution in [0.3, 0.4) is 0 Å². The molecule has 1 aliphatic rings. The topological polar surface area (TPSA) is 58.8 Å². The van der Waals surface area contributed by atoms with E-state index in [0.29, 0.717) is 25.3 Å². The summed E-state index contributed by atoms with van der Waals surface area (Å²) in [6.07, 6.45) is -4.87. The number of nitrogens with two attached hydrogens (primary N) is 1. The van der Waals surface area contributed by atoms with Crippen LogP contribution in [-0.2, 0) is 10.9 Å². The number of halogens is 3. The van der Waals surface area contributed by atoms with Gasteiger partial charge in [0.2, 0.25) is 0 Å². The van der Waals surface area contributed by atoms with Gasteiger partial charge in [-0.1, -0.05) is 0 Å². The van der Waals surface area contributed by atoms with Gasteiger partial charge in [0.15, 0.2) is 0 Å². The van der Waals surface area contributed by atoms with E-state index in [-0.39, 0.29) is 11.7 Å². The molecule has 0 radical (unpaired) electrons. The van der Waals surface area contributed by atoms with E-state index in [9.17, 15) is 18.0 Å². The van der Waals surface area contributed by atoms with Crippen molar-refractivity contribution in [3.8, 4) is 0 Å². The Morgan fingerprint density at radius 3 is 2.36 bits per heavy atom. The number of nitrogen functional groups attached to an aromatic ring is 1. The van der Waals surface area contributed by atoms with Gasteiger partial charge in [-0.2, -0.15) is 13.2 Å². The smallest absolute Gasteiger partial charge is 0.416 e. The van der Waals surface area contributed by atoms with Crippen LogP contribution < -0.4 is 10.6 Å². The Morgan fingerprint density at radius 2 is 1.84 bits per heavy atom. The Bertz CT molecular complexity index is 641. The van der Waals surface area contributed by atoms with Gasteiger partial charge in [0.1, 0.15) is 5.60 Å². The van der Waals surface area contributed by atoms with Crippen LogP contribution in [0.15, 0.2) is 18.2 Å². The van der Waals surface area contributed by atoms with Crippen LogP contribution in [0.25, 0.3) is 0 Å². The summed E-state index contributed by atoms with van der Waals surface area (Å²) >= 11 is 0. The maximum Gasteiger partial charge on any atom is 0.416 e. The fourth-order valence-electron chi connectivity index (χ4n) is 2.80. The molecule has 1 atom stereocenters. The molecule has 5 nitrogen and oxygen atoms in total. The van der Waals surface area contributed by atoms with Crippen LogP contribution in [0, 0.1) is 0 Å². The van der Waals surface area contributed by atoms with Crippen molar-refractivity contribution in [2.45, 2.75) is 45.5 Å². The normalized spacial score (nSPS) is 19.1.